The highest BCUT2D eigenvalue weighted by molar-refractivity contribution is 6.17. The molecule has 66 valence electrons. The first-order valence-corrected chi connectivity index (χ1v) is 4.44. The first-order chi connectivity index (χ1) is 5.43. The summed E-state index contributed by atoms with van der Waals surface area (Å²) in [5.74, 6) is 0. The van der Waals surface area contributed by atoms with Crippen LogP contribution in [0.15, 0.2) is 0 Å². The van der Waals surface area contributed by atoms with Crippen LogP contribution in [0.3, 0.4) is 0 Å². The predicted molar refractivity (Wildman–Crippen MR) is 45.1 cm³/mol. The standard InChI is InChI=1S/C7H16BO3/c1-2-10-8-11-6-7-4-3-5-9-7/h7H,2-6,8H2,1H3/q-1. The average molecular weight is 159 g/mol. The van der Waals surface area contributed by atoms with Crippen LogP contribution in [-0.2, 0) is 14.0 Å². The number of hydrogen-bond acceptors (Lipinski definition) is 3. The minimum atomic E-state index is -0.592. The van der Waals surface area contributed by atoms with Crippen molar-refractivity contribution in [1.29, 1.82) is 0 Å². The molecule has 1 aliphatic heterocycles. The van der Waals surface area contributed by atoms with Crippen molar-refractivity contribution in [2.24, 2.45) is 0 Å². The summed E-state index contributed by atoms with van der Waals surface area (Å²) in [4.78, 5) is 0. The maximum Gasteiger partial charge on any atom is 0.210 e. The van der Waals surface area contributed by atoms with Crippen LogP contribution >= 0.6 is 0 Å². The summed E-state index contributed by atoms with van der Waals surface area (Å²) in [6.45, 7) is 4.40. The first-order valence-electron chi connectivity index (χ1n) is 4.44. The van der Waals surface area contributed by atoms with Crippen LogP contribution in [0.5, 0.6) is 0 Å². The van der Waals surface area contributed by atoms with E-state index >= 15 is 0 Å². The highest BCUT2D eigenvalue weighted by Gasteiger charge is 2.13. The van der Waals surface area contributed by atoms with E-state index in [0.29, 0.717) is 6.10 Å². The molecule has 1 atom stereocenters. The topological polar surface area (TPSA) is 27.7 Å². The van der Waals surface area contributed by atoms with E-state index in [1.54, 1.807) is 0 Å². The van der Waals surface area contributed by atoms with Gasteiger partial charge in [-0.25, -0.2) is 0 Å². The minimum Gasteiger partial charge on any atom is -0.573 e. The Labute approximate surface area is 68.3 Å². The lowest BCUT2D eigenvalue weighted by molar-refractivity contribution is 0.0609. The predicted octanol–water partition coefficient (Wildman–Crippen LogP) is 0.217. The molecule has 1 heterocycles. The number of rotatable bonds is 5. The summed E-state index contributed by atoms with van der Waals surface area (Å²) in [5, 5.41) is 0. The normalized spacial score (nSPS) is 24.3. The van der Waals surface area contributed by atoms with Gasteiger partial charge in [-0.2, -0.15) is 0 Å². The average Bonchev–Trinajstić information content (AvgIpc) is 2.50. The molecule has 0 aromatic rings. The summed E-state index contributed by atoms with van der Waals surface area (Å²) >= 11 is 0. The van der Waals surface area contributed by atoms with Gasteiger partial charge in [-0.15, -0.1) is 0 Å². The fourth-order valence-electron chi connectivity index (χ4n) is 1.23. The van der Waals surface area contributed by atoms with E-state index in [4.69, 9.17) is 14.0 Å². The molecule has 3 nitrogen and oxygen atoms in total. The maximum atomic E-state index is 5.37. The lowest BCUT2D eigenvalue weighted by Crippen LogP contribution is -2.17. The summed E-state index contributed by atoms with van der Waals surface area (Å²) in [6.07, 6.45) is 2.68. The molecule has 1 rings (SSSR count). The van der Waals surface area contributed by atoms with Gasteiger partial charge >= 0.3 is 0 Å². The summed E-state index contributed by atoms with van der Waals surface area (Å²) in [5.41, 5.74) is 0. The summed E-state index contributed by atoms with van der Waals surface area (Å²) in [7, 11) is -0.592. The Hall–Kier alpha value is -0.0551. The van der Waals surface area contributed by atoms with Gasteiger partial charge in [-0.05, 0) is 26.4 Å². The lowest BCUT2D eigenvalue weighted by Gasteiger charge is -2.16. The largest absolute Gasteiger partial charge is 0.573 e. The van der Waals surface area contributed by atoms with Crippen LogP contribution < -0.4 is 0 Å². The van der Waals surface area contributed by atoms with Crippen LogP contribution in [0, 0.1) is 0 Å². The smallest absolute Gasteiger partial charge is 0.210 e. The lowest BCUT2D eigenvalue weighted by atomic mass is 10.2. The molecule has 0 radical (unpaired) electrons. The molecule has 0 aliphatic carbocycles. The van der Waals surface area contributed by atoms with E-state index in [9.17, 15) is 0 Å². The Balaban J connectivity index is 1.86. The molecular formula is C7H16BO3-. The van der Waals surface area contributed by atoms with Gasteiger partial charge < -0.3 is 14.0 Å². The van der Waals surface area contributed by atoms with E-state index in [0.717, 1.165) is 26.2 Å². The third kappa shape index (κ3) is 3.75. The van der Waals surface area contributed by atoms with Gasteiger partial charge in [0.05, 0.1) is 6.10 Å². The van der Waals surface area contributed by atoms with Crippen LogP contribution in [0.4, 0.5) is 0 Å². The van der Waals surface area contributed by atoms with Crippen LogP contribution in [0.25, 0.3) is 0 Å². The Morgan fingerprint density at radius 3 is 3.09 bits per heavy atom. The zero-order valence-electron chi connectivity index (χ0n) is 7.34. The van der Waals surface area contributed by atoms with Gasteiger partial charge in [-0.1, -0.05) is 0 Å². The van der Waals surface area contributed by atoms with Crippen LogP contribution in [0.1, 0.15) is 19.8 Å². The summed E-state index contributed by atoms with van der Waals surface area (Å²) < 4.78 is 15.8. The molecule has 0 bridgehead atoms. The Morgan fingerprint density at radius 1 is 1.55 bits per heavy atom. The molecule has 1 saturated heterocycles. The second-order valence-corrected chi connectivity index (χ2v) is 2.83. The van der Waals surface area contributed by atoms with E-state index in [1.807, 2.05) is 6.92 Å². The van der Waals surface area contributed by atoms with Crippen molar-refractivity contribution in [3.8, 4) is 0 Å². The molecule has 4 heteroatoms. The molecule has 1 fully saturated rings. The highest BCUT2D eigenvalue weighted by Crippen LogP contribution is 2.11. The van der Waals surface area contributed by atoms with Gasteiger partial charge in [0.2, 0.25) is 7.69 Å². The maximum absolute atomic E-state index is 5.37. The zero-order valence-corrected chi connectivity index (χ0v) is 7.34. The molecule has 11 heavy (non-hydrogen) atoms. The van der Waals surface area contributed by atoms with E-state index < -0.39 is 7.69 Å². The van der Waals surface area contributed by atoms with Crippen molar-refractivity contribution in [2.45, 2.75) is 25.9 Å². The number of ether oxygens (including phenoxy) is 1. The van der Waals surface area contributed by atoms with Gasteiger partial charge in [0.15, 0.2) is 0 Å². The molecule has 1 aliphatic rings. The molecule has 0 spiro atoms. The van der Waals surface area contributed by atoms with Gasteiger partial charge in [0.1, 0.15) is 0 Å². The Morgan fingerprint density at radius 2 is 2.45 bits per heavy atom. The second kappa shape index (κ2) is 5.58. The molecule has 0 aromatic heterocycles. The van der Waals surface area contributed by atoms with Crippen molar-refractivity contribution < 1.29 is 14.0 Å². The van der Waals surface area contributed by atoms with Crippen LogP contribution in [0.2, 0.25) is 0 Å². The number of hydrogen-bond donors (Lipinski definition) is 0. The first kappa shape index (κ1) is 9.04. The fraction of sp³-hybridized carbons (Fsp3) is 1.00. The van der Waals surface area contributed by atoms with Crippen molar-refractivity contribution in [1.82, 2.24) is 0 Å². The molecular weight excluding hydrogens is 143 g/mol. The second-order valence-electron chi connectivity index (χ2n) is 2.83. The zero-order chi connectivity index (χ0) is 7.94. The Bertz CT molecular complexity index is 93.7. The molecule has 0 amide bonds. The highest BCUT2D eigenvalue weighted by atomic mass is 16.6. The van der Waals surface area contributed by atoms with Crippen molar-refractivity contribution in [3.63, 3.8) is 0 Å². The van der Waals surface area contributed by atoms with E-state index in [2.05, 4.69) is 0 Å². The molecule has 0 N–H and O–H groups in total. The van der Waals surface area contributed by atoms with Crippen molar-refractivity contribution in [2.75, 3.05) is 19.8 Å². The van der Waals surface area contributed by atoms with Gasteiger partial charge in [-0.3, -0.25) is 0 Å². The molecule has 1 unspecified atom stereocenters. The third-order valence-electron chi connectivity index (χ3n) is 1.90. The minimum absolute atomic E-state index is 0.346. The third-order valence-corrected chi connectivity index (χ3v) is 1.90. The van der Waals surface area contributed by atoms with Crippen LogP contribution in [-0.4, -0.2) is 33.6 Å². The van der Waals surface area contributed by atoms with Crippen molar-refractivity contribution >= 4 is 7.69 Å². The summed E-state index contributed by atoms with van der Waals surface area (Å²) in [6, 6.07) is 0. The monoisotopic (exact) mass is 159 g/mol. The quantitative estimate of drug-likeness (QED) is 0.424. The fourth-order valence-corrected chi connectivity index (χ4v) is 1.23. The van der Waals surface area contributed by atoms with Crippen molar-refractivity contribution in [3.05, 3.63) is 0 Å². The van der Waals surface area contributed by atoms with E-state index in [1.165, 1.54) is 6.42 Å². The Kier molecular flexibility index (Phi) is 4.58. The van der Waals surface area contributed by atoms with Gasteiger partial charge in [0, 0.05) is 13.2 Å². The van der Waals surface area contributed by atoms with Gasteiger partial charge in [0.25, 0.3) is 0 Å². The SMILES string of the molecule is CCO[BH2-]OCC1CCCO1. The molecule has 0 aromatic carbocycles. The molecule has 0 saturated carbocycles. The van der Waals surface area contributed by atoms with E-state index in [-0.39, 0.29) is 0 Å².